The van der Waals surface area contributed by atoms with Crippen molar-refractivity contribution < 1.29 is 0 Å². The van der Waals surface area contributed by atoms with Crippen molar-refractivity contribution >= 4 is 11.4 Å². The SMILES string of the molecule is c1ccc(-c2c(CNCCN3CCN(c4ccccc4)CC3)cc(N3CCCCC3)cc2-n2cccn2)cc1. The summed E-state index contributed by atoms with van der Waals surface area (Å²) in [5.74, 6) is 0. The standard InChI is InChI=1S/C33H40N6/c1-4-11-28(12-5-1)33-29(25-31(37-17-8-3-9-18-37)26-32(33)39-19-10-15-35-39)27-34-16-20-36-21-23-38(24-22-36)30-13-6-2-7-14-30/h1-2,4-7,10-15,19,25-26,34H,3,8-9,16-18,20-24,27H2. The van der Waals surface area contributed by atoms with E-state index in [4.69, 9.17) is 0 Å². The minimum absolute atomic E-state index is 0.837. The Kier molecular flexibility index (Phi) is 8.22. The van der Waals surface area contributed by atoms with E-state index in [1.807, 2.05) is 16.9 Å². The minimum atomic E-state index is 0.837. The molecule has 0 bridgehead atoms. The number of anilines is 2. The van der Waals surface area contributed by atoms with Gasteiger partial charge in [-0.15, -0.1) is 0 Å². The number of piperidine rings is 1. The van der Waals surface area contributed by atoms with Crippen molar-refractivity contribution in [3.8, 4) is 16.8 Å². The van der Waals surface area contributed by atoms with E-state index >= 15 is 0 Å². The first kappa shape index (κ1) is 25.7. The molecule has 3 heterocycles. The number of para-hydroxylation sites is 1. The molecule has 2 aliphatic rings. The maximum absolute atomic E-state index is 4.65. The predicted octanol–water partition coefficient (Wildman–Crippen LogP) is 5.44. The maximum Gasteiger partial charge on any atom is 0.0747 e. The molecule has 3 aromatic carbocycles. The minimum Gasteiger partial charge on any atom is -0.371 e. The lowest BCUT2D eigenvalue weighted by Crippen LogP contribution is -2.48. The summed E-state index contributed by atoms with van der Waals surface area (Å²) in [6.45, 7) is 9.55. The zero-order valence-corrected chi connectivity index (χ0v) is 22.9. The molecule has 0 unspecified atom stereocenters. The molecule has 0 amide bonds. The zero-order valence-electron chi connectivity index (χ0n) is 22.9. The topological polar surface area (TPSA) is 39.6 Å². The zero-order chi connectivity index (χ0) is 26.3. The summed E-state index contributed by atoms with van der Waals surface area (Å²) in [5.41, 5.74) is 7.65. The molecule has 202 valence electrons. The lowest BCUT2D eigenvalue weighted by Gasteiger charge is -2.36. The monoisotopic (exact) mass is 520 g/mol. The first-order valence-electron chi connectivity index (χ1n) is 14.6. The van der Waals surface area contributed by atoms with E-state index in [1.165, 1.54) is 47.3 Å². The van der Waals surface area contributed by atoms with E-state index in [0.29, 0.717) is 0 Å². The fourth-order valence-electron chi connectivity index (χ4n) is 6.00. The van der Waals surface area contributed by atoms with Gasteiger partial charge < -0.3 is 15.1 Å². The third-order valence-corrected chi connectivity index (χ3v) is 8.13. The Morgan fingerprint density at radius 1 is 0.692 bits per heavy atom. The highest BCUT2D eigenvalue weighted by atomic mass is 15.3. The lowest BCUT2D eigenvalue weighted by molar-refractivity contribution is 0.257. The first-order chi connectivity index (χ1) is 19.3. The Hall–Kier alpha value is -3.61. The molecule has 0 spiro atoms. The molecule has 0 radical (unpaired) electrons. The lowest BCUT2D eigenvalue weighted by atomic mass is 9.95. The second-order valence-electron chi connectivity index (χ2n) is 10.7. The van der Waals surface area contributed by atoms with Crippen LogP contribution in [0.1, 0.15) is 24.8 Å². The smallest absolute Gasteiger partial charge is 0.0747 e. The van der Waals surface area contributed by atoms with Crippen LogP contribution < -0.4 is 15.1 Å². The Morgan fingerprint density at radius 2 is 1.41 bits per heavy atom. The number of piperazine rings is 1. The van der Waals surface area contributed by atoms with Gasteiger partial charge in [0.05, 0.1) is 5.69 Å². The fraction of sp³-hybridized carbons (Fsp3) is 0.364. The number of aromatic nitrogens is 2. The number of nitrogens with zero attached hydrogens (tertiary/aromatic N) is 5. The Balaban J connectivity index is 1.18. The van der Waals surface area contributed by atoms with E-state index in [1.54, 1.807) is 0 Å². The summed E-state index contributed by atoms with van der Waals surface area (Å²) in [5, 5.41) is 8.45. The van der Waals surface area contributed by atoms with Crippen LogP contribution in [0.5, 0.6) is 0 Å². The molecule has 0 saturated carbocycles. The van der Waals surface area contributed by atoms with E-state index in [-0.39, 0.29) is 0 Å². The Bertz CT molecular complexity index is 1290. The molecule has 39 heavy (non-hydrogen) atoms. The number of hydrogen-bond donors (Lipinski definition) is 1. The van der Waals surface area contributed by atoms with Gasteiger partial charge in [0, 0.05) is 88.2 Å². The molecule has 1 N–H and O–H groups in total. The summed E-state index contributed by atoms with van der Waals surface area (Å²) >= 11 is 0. The van der Waals surface area contributed by atoms with Crippen molar-refractivity contribution in [2.45, 2.75) is 25.8 Å². The maximum atomic E-state index is 4.65. The number of rotatable bonds is 9. The molecule has 2 aliphatic heterocycles. The molecular weight excluding hydrogens is 480 g/mol. The summed E-state index contributed by atoms with van der Waals surface area (Å²) in [6, 6.07) is 28.4. The van der Waals surface area contributed by atoms with Crippen molar-refractivity contribution in [1.29, 1.82) is 0 Å². The summed E-state index contributed by atoms with van der Waals surface area (Å²) in [6.07, 6.45) is 7.80. The second-order valence-corrected chi connectivity index (χ2v) is 10.7. The van der Waals surface area contributed by atoms with Gasteiger partial charge in [-0.25, -0.2) is 4.68 Å². The van der Waals surface area contributed by atoms with Gasteiger partial charge in [0.1, 0.15) is 0 Å². The normalized spacial score (nSPS) is 16.5. The highest BCUT2D eigenvalue weighted by Crippen LogP contribution is 2.35. The number of benzene rings is 3. The highest BCUT2D eigenvalue weighted by molar-refractivity contribution is 5.80. The van der Waals surface area contributed by atoms with Crippen LogP contribution in [-0.2, 0) is 6.54 Å². The van der Waals surface area contributed by atoms with E-state index in [2.05, 4.69) is 104 Å². The van der Waals surface area contributed by atoms with E-state index < -0.39 is 0 Å². The summed E-state index contributed by atoms with van der Waals surface area (Å²) in [7, 11) is 0. The average molecular weight is 521 g/mol. The van der Waals surface area contributed by atoms with Gasteiger partial charge in [-0.2, -0.15) is 5.10 Å². The third kappa shape index (κ3) is 6.18. The number of hydrogen-bond acceptors (Lipinski definition) is 5. The molecule has 2 fully saturated rings. The van der Waals surface area contributed by atoms with Gasteiger partial charge in [0.15, 0.2) is 0 Å². The predicted molar refractivity (Wildman–Crippen MR) is 162 cm³/mol. The highest BCUT2D eigenvalue weighted by Gasteiger charge is 2.20. The quantitative estimate of drug-likeness (QED) is 0.298. The van der Waals surface area contributed by atoms with Gasteiger partial charge in [-0.1, -0.05) is 48.5 Å². The van der Waals surface area contributed by atoms with E-state index in [0.717, 1.165) is 64.6 Å². The van der Waals surface area contributed by atoms with Crippen LogP contribution in [0, 0.1) is 0 Å². The molecule has 6 nitrogen and oxygen atoms in total. The molecular formula is C33H40N6. The van der Waals surface area contributed by atoms with Crippen LogP contribution >= 0.6 is 0 Å². The molecule has 0 aliphatic carbocycles. The van der Waals surface area contributed by atoms with Gasteiger partial charge >= 0.3 is 0 Å². The molecule has 1 aromatic heterocycles. The average Bonchev–Trinajstić information content (AvgIpc) is 3.56. The summed E-state index contributed by atoms with van der Waals surface area (Å²) < 4.78 is 2.03. The molecule has 6 rings (SSSR count). The van der Waals surface area contributed by atoms with Crippen LogP contribution in [0.2, 0.25) is 0 Å². The van der Waals surface area contributed by atoms with Crippen molar-refractivity contribution in [1.82, 2.24) is 20.0 Å². The molecule has 0 atom stereocenters. The van der Waals surface area contributed by atoms with Crippen LogP contribution in [0.25, 0.3) is 16.8 Å². The molecule has 2 saturated heterocycles. The van der Waals surface area contributed by atoms with Gasteiger partial charge in [-0.05, 0) is 60.7 Å². The van der Waals surface area contributed by atoms with Crippen LogP contribution in [0.3, 0.4) is 0 Å². The Morgan fingerprint density at radius 3 is 2.13 bits per heavy atom. The summed E-state index contributed by atoms with van der Waals surface area (Å²) in [4.78, 5) is 7.64. The van der Waals surface area contributed by atoms with Gasteiger partial charge in [0.25, 0.3) is 0 Å². The second kappa shape index (κ2) is 12.5. The van der Waals surface area contributed by atoms with Crippen molar-refractivity contribution in [2.75, 3.05) is 62.2 Å². The molecule has 4 aromatic rings. The largest absolute Gasteiger partial charge is 0.371 e. The fourth-order valence-corrected chi connectivity index (χ4v) is 6.00. The Labute approximate surface area is 232 Å². The van der Waals surface area contributed by atoms with Crippen molar-refractivity contribution in [3.63, 3.8) is 0 Å². The third-order valence-electron chi connectivity index (χ3n) is 8.13. The van der Waals surface area contributed by atoms with Crippen LogP contribution in [0.4, 0.5) is 11.4 Å². The van der Waals surface area contributed by atoms with Crippen LogP contribution in [-0.4, -0.2) is 67.0 Å². The van der Waals surface area contributed by atoms with Gasteiger partial charge in [0.2, 0.25) is 0 Å². The van der Waals surface area contributed by atoms with Gasteiger partial charge in [-0.3, -0.25) is 4.90 Å². The van der Waals surface area contributed by atoms with Crippen molar-refractivity contribution in [2.24, 2.45) is 0 Å². The molecule has 6 heteroatoms. The van der Waals surface area contributed by atoms with E-state index in [9.17, 15) is 0 Å². The van der Waals surface area contributed by atoms with Crippen LogP contribution in [0.15, 0.2) is 91.3 Å². The number of nitrogens with one attached hydrogen (secondary N) is 1. The first-order valence-corrected chi connectivity index (χ1v) is 14.6. The van der Waals surface area contributed by atoms with Crippen molar-refractivity contribution in [3.05, 3.63) is 96.8 Å².